The highest BCUT2D eigenvalue weighted by Crippen LogP contribution is 2.38. The number of alkyl halides is 5. The summed E-state index contributed by atoms with van der Waals surface area (Å²) in [6.45, 7) is 3.29. The molecular formula is C11H18F5N. The first kappa shape index (κ1) is 14.7. The molecule has 6 heteroatoms. The maximum absolute atomic E-state index is 13.2. The first-order chi connectivity index (χ1) is 7.41. The van der Waals surface area contributed by atoms with Crippen molar-refractivity contribution in [2.45, 2.75) is 51.8 Å². The molecule has 1 fully saturated rings. The van der Waals surface area contributed by atoms with E-state index in [-0.39, 0.29) is 12.8 Å². The van der Waals surface area contributed by atoms with Gasteiger partial charge in [-0.2, -0.15) is 13.2 Å². The Morgan fingerprint density at radius 2 is 1.71 bits per heavy atom. The fraction of sp³-hybridized carbons (Fsp3) is 1.00. The third-order valence-electron chi connectivity index (χ3n) is 3.04. The van der Waals surface area contributed by atoms with E-state index in [1.54, 1.807) is 20.8 Å². The summed E-state index contributed by atoms with van der Waals surface area (Å²) in [7, 11) is 0. The zero-order valence-electron chi connectivity index (χ0n) is 10.2. The molecule has 0 amide bonds. The van der Waals surface area contributed by atoms with Crippen molar-refractivity contribution in [3.63, 3.8) is 0 Å². The van der Waals surface area contributed by atoms with Crippen LogP contribution in [0.3, 0.4) is 0 Å². The molecule has 0 aromatic carbocycles. The van der Waals surface area contributed by atoms with Crippen LogP contribution in [0.15, 0.2) is 0 Å². The Morgan fingerprint density at radius 3 is 2.12 bits per heavy atom. The summed E-state index contributed by atoms with van der Waals surface area (Å²) in [4.78, 5) is 0.878. The van der Waals surface area contributed by atoms with Gasteiger partial charge in [0.15, 0.2) is 0 Å². The summed E-state index contributed by atoms with van der Waals surface area (Å²) in [5.41, 5.74) is -0.429. The van der Waals surface area contributed by atoms with Crippen molar-refractivity contribution in [3.8, 4) is 0 Å². The second-order valence-corrected chi connectivity index (χ2v) is 5.80. The lowest BCUT2D eigenvalue weighted by molar-refractivity contribution is -0.180. The first-order valence-corrected chi connectivity index (χ1v) is 5.59. The number of likely N-dealkylation sites (tertiary alicyclic amines) is 1. The van der Waals surface area contributed by atoms with Crippen LogP contribution in [0.25, 0.3) is 0 Å². The van der Waals surface area contributed by atoms with Gasteiger partial charge >= 0.3 is 6.18 Å². The predicted molar refractivity (Wildman–Crippen MR) is 55.1 cm³/mol. The monoisotopic (exact) mass is 259 g/mol. The van der Waals surface area contributed by atoms with Gasteiger partial charge in [-0.05, 0) is 11.8 Å². The lowest BCUT2D eigenvalue weighted by atomic mass is 9.80. The lowest BCUT2D eigenvalue weighted by Crippen LogP contribution is -2.56. The van der Waals surface area contributed by atoms with Crippen molar-refractivity contribution >= 4 is 0 Å². The first-order valence-electron chi connectivity index (χ1n) is 5.59. The molecule has 0 saturated carbocycles. The molecule has 0 aromatic heterocycles. The summed E-state index contributed by atoms with van der Waals surface area (Å²) in [6, 6.07) is -0.455. The largest absolute Gasteiger partial charge is 0.401 e. The second-order valence-electron chi connectivity index (χ2n) is 5.80. The molecule has 0 N–H and O–H groups in total. The zero-order valence-corrected chi connectivity index (χ0v) is 10.2. The summed E-state index contributed by atoms with van der Waals surface area (Å²) in [5.74, 6) is -3.01. The number of rotatable bonds is 1. The van der Waals surface area contributed by atoms with E-state index in [1.807, 2.05) is 0 Å². The SMILES string of the molecule is CC(C)(C)C1CCC(F)(F)CN1CC(F)(F)F. The van der Waals surface area contributed by atoms with Crippen LogP contribution in [0.1, 0.15) is 33.6 Å². The normalized spacial score (nSPS) is 27.2. The number of hydrogen-bond acceptors (Lipinski definition) is 1. The summed E-state index contributed by atoms with van der Waals surface area (Å²) in [5, 5.41) is 0. The molecular weight excluding hydrogens is 241 g/mol. The molecule has 0 bridgehead atoms. The standard InChI is InChI=1S/C11H18F5N/c1-9(2,3)8-4-5-10(12,13)6-17(8)7-11(14,15)16/h8H,4-7H2,1-3H3. The number of halogens is 5. The Morgan fingerprint density at radius 1 is 1.18 bits per heavy atom. The van der Waals surface area contributed by atoms with Gasteiger partial charge in [-0.3, -0.25) is 4.90 Å². The van der Waals surface area contributed by atoms with Gasteiger partial charge in [-0.25, -0.2) is 8.78 Å². The minimum Gasteiger partial charge on any atom is -0.285 e. The lowest BCUT2D eigenvalue weighted by Gasteiger charge is -2.45. The quantitative estimate of drug-likeness (QED) is 0.649. The molecule has 1 atom stereocenters. The molecule has 1 heterocycles. The third kappa shape index (κ3) is 4.41. The van der Waals surface area contributed by atoms with E-state index in [1.165, 1.54) is 0 Å². The number of hydrogen-bond donors (Lipinski definition) is 0. The fourth-order valence-corrected chi connectivity index (χ4v) is 2.39. The number of nitrogens with zero attached hydrogens (tertiary/aromatic N) is 1. The average Bonchev–Trinajstić information content (AvgIpc) is 1.94. The Labute approximate surface area is 98.0 Å². The minimum absolute atomic E-state index is 0.104. The molecule has 0 aromatic rings. The van der Waals surface area contributed by atoms with Crippen LogP contribution >= 0.6 is 0 Å². The molecule has 0 aliphatic carbocycles. The zero-order chi connectivity index (χ0) is 13.5. The highest BCUT2D eigenvalue weighted by molar-refractivity contribution is 4.92. The molecule has 17 heavy (non-hydrogen) atoms. The van der Waals surface area contributed by atoms with Gasteiger partial charge in [0.2, 0.25) is 0 Å². The van der Waals surface area contributed by atoms with Crippen LogP contribution in [-0.2, 0) is 0 Å². The van der Waals surface area contributed by atoms with E-state index >= 15 is 0 Å². The Kier molecular flexibility index (Phi) is 3.77. The highest BCUT2D eigenvalue weighted by Gasteiger charge is 2.47. The Hall–Kier alpha value is -0.390. The van der Waals surface area contributed by atoms with Crippen LogP contribution in [0, 0.1) is 5.41 Å². The molecule has 1 aliphatic rings. The van der Waals surface area contributed by atoms with E-state index in [9.17, 15) is 22.0 Å². The van der Waals surface area contributed by atoms with Crippen LogP contribution in [-0.4, -0.2) is 36.1 Å². The summed E-state index contributed by atoms with van der Waals surface area (Å²) < 4.78 is 63.5. The van der Waals surface area contributed by atoms with Crippen molar-refractivity contribution in [1.29, 1.82) is 0 Å². The van der Waals surface area contributed by atoms with E-state index < -0.39 is 36.6 Å². The van der Waals surface area contributed by atoms with Crippen molar-refractivity contribution in [1.82, 2.24) is 4.90 Å². The van der Waals surface area contributed by atoms with Crippen molar-refractivity contribution in [2.24, 2.45) is 5.41 Å². The van der Waals surface area contributed by atoms with Gasteiger partial charge < -0.3 is 0 Å². The van der Waals surface area contributed by atoms with Gasteiger partial charge in [-0.15, -0.1) is 0 Å². The van der Waals surface area contributed by atoms with Gasteiger partial charge in [0.25, 0.3) is 5.92 Å². The molecule has 1 nitrogen and oxygen atoms in total. The predicted octanol–water partition coefficient (Wildman–Crippen LogP) is 3.69. The topological polar surface area (TPSA) is 3.24 Å². The molecule has 0 radical (unpaired) electrons. The molecule has 1 aliphatic heterocycles. The highest BCUT2D eigenvalue weighted by atomic mass is 19.4. The van der Waals surface area contributed by atoms with Crippen molar-refractivity contribution in [3.05, 3.63) is 0 Å². The number of piperidine rings is 1. The molecule has 102 valence electrons. The van der Waals surface area contributed by atoms with Crippen LogP contribution in [0.4, 0.5) is 22.0 Å². The molecule has 1 unspecified atom stereocenters. The Balaban J connectivity index is 2.83. The van der Waals surface area contributed by atoms with Gasteiger partial charge in [-0.1, -0.05) is 20.8 Å². The third-order valence-corrected chi connectivity index (χ3v) is 3.04. The van der Waals surface area contributed by atoms with Gasteiger partial charge in [0, 0.05) is 12.5 Å². The minimum atomic E-state index is -4.43. The maximum Gasteiger partial charge on any atom is 0.401 e. The van der Waals surface area contributed by atoms with Crippen LogP contribution in [0.2, 0.25) is 0 Å². The fourth-order valence-electron chi connectivity index (χ4n) is 2.39. The van der Waals surface area contributed by atoms with E-state index in [0.717, 1.165) is 4.90 Å². The van der Waals surface area contributed by atoms with E-state index in [4.69, 9.17) is 0 Å². The molecule has 0 spiro atoms. The maximum atomic E-state index is 13.2. The molecule has 1 rings (SSSR count). The van der Waals surface area contributed by atoms with Crippen molar-refractivity contribution < 1.29 is 22.0 Å². The summed E-state index contributed by atoms with van der Waals surface area (Å²) >= 11 is 0. The van der Waals surface area contributed by atoms with Crippen LogP contribution in [0.5, 0.6) is 0 Å². The van der Waals surface area contributed by atoms with E-state index in [0.29, 0.717) is 0 Å². The van der Waals surface area contributed by atoms with Gasteiger partial charge in [0.05, 0.1) is 13.1 Å². The summed E-state index contributed by atoms with van der Waals surface area (Å²) in [6.07, 6.45) is -4.66. The Bertz CT molecular complexity index is 264. The van der Waals surface area contributed by atoms with Gasteiger partial charge in [0.1, 0.15) is 0 Å². The second kappa shape index (κ2) is 4.37. The van der Waals surface area contributed by atoms with Crippen LogP contribution < -0.4 is 0 Å². The molecule has 1 saturated heterocycles. The van der Waals surface area contributed by atoms with Crippen molar-refractivity contribution in [2.75, 3.05) is 13.1 Å². The average molecular weight is 259 g/mol. The van der Waals surface area contributed by atoms with E-state index in [2.05, 4.69) is 0 Å². The smallest absolute Gasteiger partial charge is 0.285 e.